The van der Waals surface area contributed by atoms with Crippen LogP contribution >= 0.6 is 0 Å². The quantitative estimate of drug-likeness (QED) is 0.682. The molecule has 2 aliphatic rings. The summed E-state index contributed by atoms with van der Waals surface area (Å²) < 4.78 is 30.8. The number of amides is 1. The van der Waals surface area contributed by atoms with E-state index >= 15 is 0 Å². The second kappa shape index (κ2) is 5.74. The number of hydrogen-bond acceptors (Lipinski definition) is 5. The number of fused-ring (bicyclic) bond motifs is 1. The van der Waals surface area contributed by atoms with Gasteiger partial charge in [-0.3, -0.25) is 4.79 Å². The monoisotopic (exact) mass is 291 g/mol. The maximum Gasteiger partial charge on any atom is 0.239 e. The van der Waals surface area contributed by atoms with Crippen molar-refractivity contribution >= 4 is 15.9 Å². The fourth-order valence-corrected chi connectivity index (χ4v) is 3.29. The highest BCUT2D eigenvalue weighted by molar-refractivity contribution is 7.90. The normalized spacial score (nSPS) is 29.1. The third kappa shape index (κ3) is 3.44. The Morgan fingerprint density at radius 1 is 1.42 bits per heavy atom. The Hall–Kier alpha value is -0.700. The van der Waals surface area contributed by atoms with Crippen molar-refractivity contribution in [2.75, 3.05) is 46.1 Å². The number of carbonyl (C=O) groups excluding carboxylic acids is 1. The summed E-state index contributed by atoms with van der Waals surface area (Å²) >= 11 is 0. The van der Waals surface area contributed by atoms with Crippen molar-refractivity contribution in [3.63, 3.8) is 0 Å². The number of carbonyl (C=O) groups is 1. The Bertz CT molecular complexity index is 439. The zero-order chi connectivity index (χ0) is 14.0. The zero-order valence-electron chi connectivity index (χ0n) is 11.3. The van der Waals surface area contributed by atoms with Crippen LogP contribution in [0.4, 0.5) is 0 Å². The predicted molar refractivity (Wildman–Crippen MR) is 70.2 cm³/mol. The maximum atomic E-state index is 12.2. The molecule has 2 fully saturated rings. The highest BCUT2D eigenvalue weighted by Gasteiger charge is 2.39. The van der Waals surface area contributed by atoms with Crippen molar-refractivity contribution in [1.82, 2.24) is 14.5 Å². The minimum absolute atomic E-state index is 0.0335. The number of likely N-dealkylation sites (N-methyl/N-ethyl adjacent to an activating group) is 1. The number of piperidine rings is 1. The number of ether oxygens (including phenoxy) is 1. The Morgan fingerprint density at radius 2 is 2.16 bits per heavy atom. The van der Waals surface area contributed by atoms with E-state index in [1.807, 2.05) is 7.05 Å². The van der Waals surface area contributed by atoms with Gasteiger partial charge >= 0.3 is 0 Å². The summed E-state index contributed by atoms with van der Waals surface area (Å²) in [5.41, 5.74) is 0. The lowest BCUT2D eigenvalue weighted by molar-refractivity contribution is -0.149. The largest absolute Gasteiger partial charge is 0.374 e. The number of rotatable bonds is 3. The first-order valence-corrected chi connectivity index (χ1v) is 8.09. The summed E-state index contributed by atoms with van der Waals surface area (Å²) in [7, 11) is -0.199. The molecule has 1 N–H and O–H groups in total. The number of hydrogen-bond donors (Lipinski definition) is 1. The van der Waals surface area contributed by atoms with E-state index in [0.717, 1.165) is 19.5 Å². The minimum Gasteiger partial charge on any atom is -0.374 e. The third-order valence-electron chi connectivity index (χ3n) is 3.73. The maximum absolute atomic E-state index is 12.2. The van der Waals surface area contributed by atoms with Gasteiger partial charge in [0.15, 0.2) is 0 Å². The molecule has 8 heteroatoms. The van der Waals surface area contributed by atoms with Crippen molar-refractivity contribution in [2.45, 2.75) is 18.6 Å². The van der Waals surface area contributed by atoms with Crippen molar-refractivity contribution in [1.29, 1.82) is 0 Å². The number of nitrogens with zero attached hydrogens (tertiary/aromatic N) is 2. The topological polar surface area (TPSA) is 79.0 Å². The van der Waals surface area contributed by atoms with Gasteiger partial charge in [-0.25, -0.2) is 13.1 Å². The highest BCUT2D eigenvalue weighted by atomic mass is 32.2. The summed E-state index contributed by atoms with van der Waals surface area (Å²) in [6, 6.07) is -0.0351. The van der Waals surface area contributed by atoms with Crippen LogP contribution in [0.1, 0.15) is 6.42 Å². The van der Waals surface area contributed by atoms with E-state index in [9.17, 15) is 13.2 Å². The molecular weight excluding hydrogens is 270 g/mol. The second-order valence-electron chi connectivity index (χ2n) is 5.08. The molecule has 0 aromatic carbocycles. The molecular formula is C11H21N3O4S. The van der Waals surface area contributed by atoms with E-state index in [4.69, 9.17) is 4.74 Å². The summed E-state index contributed by atoms with van der Waals surface area (Å²) in [5, 5.41) is 0. The average molecular weight is 291 g/mol. The molecule has 0 aromatic heterocycles. The summed E-state index contributed by atoms with van der Waals surface area (Å²) in [5.74, 6) is -0.834. The lowest BCUT2D eigenvalue weighted by Crippen LogP contribution is -2.61. The molecule has 0 spiro atoms. The zero-order valence-corrected chi connectivity index (χ0v) is 12.1. The number of likely N-dealkylation sites (tertiary alicyclic amines) is 1. The summed E-state index contributed by atoms with van der Waals surface area (Å²) in [4.78, 5) is 16.0. The molecule has 1 amide bonds. The Morgan fingerprint density at radius 3 is 2.84 bits per heavy atom. The molecule has 110 valence electrons. The van der Waals surface area contributed by atoms with Crippen LogP contribution in [0.3, 0.4) is 0 Å². The molecule has 0 aliphatic carbocycles. The van der Waals surface area contributed by atoms with Crippen molar-refractivity contribution in [3.8, 4) is 0 Å². The van der Waals surface area contributed by atoms with Crippen molar-refractivity contribution in [2.24, 2.45) is 0 Å². The molecule has 0 saturated carbocycles. The lowest BCUT2D eigenvalue weighted by Gasteiger charge is -2.46. The van der Waals surface area contributed by atoms with Crippen LogP contribution in [0.5, 0.6) is 0 Å². The van der Waals surface area contributed by atoms with E-state index < -0.39 is 15.8 Å². The van der Waals surface area contributed by atoms with Gasteiger partial charge in [0.1, 0.15) is 5.75 Å². The average Bonchev–Trinajstić information content (AvgIpc) is 2.37. The van der Waals surface area contributed by atoms with E-state index in [1.165, 1.54) is 7.05 Å². The summed E-state index contributed by atoms with van der Waals surface area (Å²) in [6.07, 6.45) is 0.912. The molecule has 2 rings (SSSR count). The molecule has 2 heterocycles. The molecule has 0 radical (unpaired) electrons. The predicted octanol–water partition coefficient (Wildman–Crippen LogP) is -1.53. The van der Waals surface area contributed by atoms with Gasteiger partial charge in [0.05, 0.1) is 18.8 Å². The number of sulfonamides is 1. The first kappa shape index (κ1) is 14.7. The van der Waals surface area contributed by atoms with Crippen LogP contribution in [0.2, 0.25) is 0 Å². The number of morpholine rings is 1. The van der Waals surface area contributed by atoms with Gasteiger partial charge in [0, 0.05) is 19.6 Å². The highest BCUT2D eigenvalue weighted by Crippen LogP contribution is 2.22. The van der Waals surface area contributed by atoms with Crippen LogP contribution in [0.15, 0.2) is 0 Å². The van der Waals surface area contributed by atoms with Crippen LogP contribution in [0, 0.1) is 0 Å². The van der Waals surface area contributed by atoms with Gasteiger partial charge in [0.25, 0.3) is 0 Å². The third-order valence-corrected chi connectivity index (χ3v) is 4.98. The van der Waals surface area contributed by atoms with Gasteiger partial charge < -0.3 is 14.5 Å². The van der Waals surface area contributed by atoms with Crippen molar-refractivity contribution < 1.29 is 17.9 Å². The van der Waals surface area contributed by atoms with Gasteiger partial charge in [0.2, 0.25) is 15.9 Å². The standard InChI is InChI=1S/C11H21N3O4S/c1-12-19(16,17)8-11(15)14-5-6-18-10-3-4-13(2)7-9(10)14/h9-10,12H,3-8H2,1-2H3. The first-order chi connectivity index (χ1) is 8.93. The Kier molecular flexibility index (Phi) is 4.44. The molecule has 2 unspecified atom stereocenters. The molecule has 7 nitrogen and oxygen atoms in total. The van der Waals surface area contributed by atoms with Crippen LogP contribution in [0.25, 0.3) is 0 Å². The Labute approximate surface area is 113 Å². The molecule has 2 saturated heterocycles. The minimum atomic E-state index is -3.52. The van der Waals surface area contributed by atoms with Gasteiger partial charge in [-0.2, -0.15) is 0 Å². The molecule has 19 heavy (non-hydrogen) atoms. The van der Waals surface area contributed by atoms with E-state index in [-0.39, 0.29) is 18.1 Å². The Balaban J connectivity index is 2.07. The van der Waals surface area contributed by atoms with Gasteiger partial charge in [-0.05, 0) is 20.5 Å². The van der Waals surface area contributed by atoms with Crippen molar-refractivity contribution in [3.05, 3.63) is 0 Å². The smallest absolute Gasteiger partial charge is 0.239 e. The molecule has 2 atom stereocenters. The molecule has 0 bridgehead atoms. The first-order valence-electron chi connectivity index (χ1n) is 6.44. The number of nitrogens with one attached hydrogen (secondary N) is 1. The fourth-order valence-electron chi connectivity index (χ4n) is 2.66. The molecule has 0 aromatic rings. The van der Waals surface area contributed by atoms with Crippen LogP contribution in [-0.4, -0.2) is 82.4 Å². The van der Waals surface area contributed by atoms with Crippen LogP contribution in [-0.2, 0) is 19.6 Å². The summed E-state index contributed by atoms with van der Waals surface area (Å²) in [6.45, 7) is 2.62. The van der Waals surface area contributed by atoms with Gasteiger partial charge in [-0.15, -0.1) is 0 Å². The van der Waals surface area contributed by atoms with E-state index in [0.29, 0.717) is 13.2 Å². The second-order valence-corrected chi connectivity index (χ2v) is 7.00. The SMILES string of the molecule is CNS(=O)(=O)CC(=O)N1CCOC2CCN(C)CC21. The molecule has 2 aliphatic heterocycles. The van der Waals surface area contributed by atoms with E-state index in [1.54, 1.807) is 4.90 Å². The lowest BCUT2D eigenvalue weighted by atomic mass is 9.99. The van der Waals surface area contributed by atoms with Crippen LogP contribution < -0.4 is 4.72 Å². The van der Waals surface area contributed by atoms with Gasteiger partial charge in [-0.1, -0.05) is 0 Å². The van der Waals surface area contributed by atoms with E-state index in [2.05, 4.69) is 9.62 Å². The fraction of sp³-hybridized carbons (Fsp3) is 0.909.